The number of carbonyl (C=O) groups is 1. The van der Waals surface area contributed by atoms with Crippen LogP contribution >= 0.6 is 11.6 Å². The lowest BCUT2D eigenvalue weighted by atomic mass is 9.90. The number of nitrogens with zero attached hydrogens (tertiary/aromatic N) is 3. The maximum absolute atomic E-state index is 15.6. The van der Waals surface area contributed by atoms with Crippen molar-refractivity contribution in [2.45, 2.75) is 52.3 Å². The van der Waals surface area contributed by atoms with Gasteiger partial charge < -0.3 is 30.3 Å². The number of amidine groups is 1. The number of aromatic nitrogens is 1. The third-order valence-electron chi connectivity index (χ3n) is 8.57. The maximum atomic E-state index is 15.6. The molecule has 1 fully saturated rings. The van der Waals surface area contributed by atoms with Crippen LogP contribution in [0.3, 0.4) is 0 Å². The van der Waals surface area contributed by atoms with Gasteiger partial charge in [-0.3, -0.25) is 15.2 Å². The highest BCUT2D eigenvalue weighted by Crippen LogP contribution is 2.49. The summed E-state index contributed by atoms with van der Waals surface area (Å²) in [5, 5.41) is 27.4. The Labute approximate surface area is 262 Å². The SMILES string of the molecule is C=CC(=O)N1CC2CCNc3c(C)c(-c4c(F)cccc4OC)c(Cl)c(Nc4c(C)ccnc4C(C)O)c3C(=N)N2CC1C. The lowest BCUT2D eigenvalue weighted by Crippen LogP contribution is -2.61. The molecule has 5 rings (SSSR count). The van der Waals surface area contributed by atoms with Crippen LogP contribution in [0.15, 0.2) is 43.1 Å². The molecule has 0 radical (unpaired) electrons. The van der Waals surface area contributed by atoms with Crippen molar-refractivity contribution in [1.82, 2.24) is 14.8 Å². The normalized spacial score (nSPS) is 18.8. The minimum absolute atomic E-state index is 0.130. The van der Waals surface area contributed by atoms with Crippen LogP contribution in [0, 0.1) is 25.1 Å². The number of methoxy groups -OCH3 is 1. The third kappa shape index (κ3) is 5.37. The monoisotopic (exact) mass is 620 g/mol. The quantitative estimate of drug-likeness (QED) is 0.243. The van der Waals surface area contributed by atoms with Crippen LogP contribution in [0.5, 0.6) is 5.75 Å². The largest absolute Gasteiger partial charge is 0.496 e. The number of hydrogen-bond donors (Lipinski definition) is 4. The van der Waals surface area contributed by atoms with Crippen LogP contribution in [-0.4, -0.2) is 70.5 Å². The van der Waals surface area contributed by atoms with Crippen molar-refractivity contribution in [2.75, 3.05) is 37.4 Å². The third-order valence-corrected chi connectivity index (χ3v) is 8.95. The fourth-order valence-electron chi connectivity index (χ4n) is 6.30. The number of halogens is 2. The van der Waals surface area contributed by atoms with E-state index in [0.29, 0.717) is 71.3 Å². The maximum Gasteiger partial charge on any atom is 0.246 e. The van der Waals surface area contributed by atoms with E-state index in [2.05, 4.69) is 22.2 Å². The van der Waals surface area contributed by atoms with Gasteiger partial charge in [0.15, 0.2) is 0 Å². The number of ether oxygens (including phenoxy) is 1. The Hall–Kier alpha value is -4.15. The van der Waals surface area contributed by atoms with Crippen LogP contribution in [0.4, 0.5) is 21.5 Å². The van der Waals surface area contributed by atoms with Crippen LogP contribution in [0.2, 0.25) is 5.02 Å². The molecule has 11 heteroatoms. The lowest BCUT2D eigenvalue weighted by molar-refractivity contribution is -0.131. The van der Waals surface area contributed by atoms with Gasteiger partial charge in [-0.25, -0.2) is 4.39 Å². The van der Waals surface area contributed by atoms with Gasteiger partial charge in [0, 0.05) is 43.5 Å². The number of aliphatic hydroxyl groups excluding tert-OH is 1. The number of fused-ring (bicyclic) bond motifs is 2. The summed E-state index contributed by atoms with van der Waals surface area (Å²) < 4.78 is 21.2. The van der Waals surface area contributed by atoms with Crippen LogP contribution < -0.4 is 15.4 Å². The van der Waals surface area contributed by atoms with Gasteiger partial charge in [-0.05, 0) is 69.5 Å². The molecular weight excluding hydrogens is 583 g/mol. The predicted octanol–water partition coefficient (Wildman–Crippen LogP) is 6.19. The lowest BCUT2D eigenvalue weighted by Gasteiger charge is -2.47. The molecule has 9 nitrogen and oxygen atoms in total. The second-order valence-corrected chi connectivity index (χ2v) is 11.7. The summed E-state index contributed by atoms with van der Waals surface area (Å²) in [6.07, 6.45) is 2.71. The Balaban J connectivity index is 1.78. The summed E-state index contributed by atoms with van der Waals surface area (Å²) in [5.41, 5.74) is 4.58. The van der Waals surface area contributed by atoms with E-state index in [4.69, 9.17) is 16.3 Å². The molecule has 0 aliphatic carbocycles. The van der Waals surface area contributed by atoms with Crippen LogP contribution in [-0.2, 0) is 4.79 Å². The fraction of sp³-hybridized carbons (Fsp3) is 0.364. The summed E-state index contributed by atoms with van der Waals surface area (Å²) in [5.74, 6) is -0.0998. The number of aryl methyl sites for hydroxylation is 1. The zero-order chi connectivity index (χ0) is 31.9. The zero-order valence-corrected chi connectivity index (χ0v) is 26.3. The molecule has 0 spiro atoms. The number of amides is 1. The number of nitrogens with one attached hydrogen (secondary N) is 3. The molecule has 2 aromatic carbocycles. The zero-order valence-electron chi connectivity index (χ0n) is 25.6. The Kier molecular flexibility index (Phi) is 8.85. The van der Waals surface area contributed by atoms with Gasteiger partial charge in [-0.15, -0.1) is 0 Å². The van der Waals surface area contributed by atoms with E-state index in [-0.39, 0.29) is 34.4 Å². The van der Waals surface area contributed by atoms with Crippen molar-refractivity contribution < 1.29 is 19.0 Å². The number of aliphatic hydroxyl groups is 1. The van der Waals surface area contributed by atoms with E-state index in [1.165, 1.54) is 19.3 Å². The molecule has 0 saturated carbocycles. The number of anilines is 3. The van der Waals surface area contributed by atoms with Crippen molar-refractivity contribution in [3.63, 3.8) is 0 Å². The van der Waals surface area contributed by atoms with Gasteiger partial charge >= 0.3 is 0 Å². The molecule has 1 aromatic heterocycles. The molecule has 2 aliphatic heterocycles. The molecule has 0 bridgehead atoms. The van der Waals surface area contributed by atoms with Crippen molar-refractivity contribution in [3.8, 4) is 16.9 Å². The number of pyridine rings is 1. The molecule has 3 aromatic rings. The molecule has 1 saturated heterocycles. The van der Waals surface area contributed by atoms with Gasteiger partial charge in [-0.2, -0.15) is 0 Å². The summed E-state index contributed by atoms with van der Waals surface area (Å²) in [6, 6.07) is 6.14. The van der Waals surface area contributed by atoms with Gasteiger partial charge in [0.25, 0.3) is 0 Å². The standard InChI is InChI=1S/C33H38ClFN6O3/c1-7-24(43)40-16-21-12-14-37-30-19(4)25(26-22(35)9-8-10-23(26)44-6)28(34)32(27(30)33(36)41(21)15-18(40)3)39-29-17(2)11-13-38-31(29)20(5)42/h7-11,13,18,20-21,36-37,39,42H,1,12,14-16H2,2-6H3. The van der Waals surface area contributed by atoms with Crippen molar-refractivity contribution in [2.24, 2.45) is 0 Å². The molecule has 1 amide bonds. The molecule has 3 heterocycles. The number of rotatable bonds is 6. The van der Waals surface area contributed by atoms with E-state index < -0.39 is 11.9 Å². The molecule has 3 atom stereocenters. The number of hydrogen-bond acceptors (Lipinski definition) is 7. The Morgan fingerprint density at radius 3 is 2.70 bits per heavy atom. The van der Waals surface area contributed by atoms with E-state index in [0.717, 1.165) is 5.56 Å². The Morgan fingerprint density at radius 2 is 2.02 bits per heavy atom. The number of piperazine rings is 1. The number of benzene rings is 2. The van der Waals surface area contributed by atoms with E-state index in [9.17, 15) is 15.3 Å². The summed E-state index contributed by atoms with van der Waals surface area (Å²) >= 11 is 7.29. The topological polar surface area (TPSA) is 114 Å². The first kappa shape index (κ1) is 31.3. The average Bonchev–Trinajstić information content (AvgIpc) is 2.99. The van der Waals surface area contributed by atoms with E-state index in [1.54, 1.807) is 30.2 Å². The smallest absolute Gasteiger partial charge is 0.246 e. The molecule has 44 heavy (non-hydrogen) atoms. The second kappa shape index (κ2) is 12.5. The van der Waals surface area contributed by atoms with E-state index >= 15 is 4.39 Å². The summed E-state index contributed by atoms with van der Waals surface area (Å²) in [4.78, 5) is 20.9. The van der Waals surface area contributed by atoms with E-state index in [1.807, 2.05) is 31.7 Å². The number of carbonyl (C=O) groups excluding carboxylic acids is 1. The minimum Gasteiger partial charge on any atom is -0.496 e. The van der Waals surface area contributed by atoms with Crippen molar-refractivity contribution in [3.05, 3.63) is 76.3 Å². The summed E-state index contributed by atoms with van der Waals surface area (Å²) in [7, 11) is 1.48. The molecule has 232 valence electrons. The highest BCUT2D eigenvalue weighted by atomic mass is 35.5. The Bertz CT molecular complexity index is 1640. The fourth-order valence-corrected chi connectivity index (χ4v) is 6.68. The van der Waals surface area contributed by atoms with Crippen LogP contribution in [0.1, 0.15) is 48.8 Å². The first-order valence-corrected chi connectivity index (χ1v) is 15.0. The summed E-state index contributed by atoms with van der Waals surface area (Å²) in [6.45, 7) is 12.4. The average molecular weight is 621 g/mol. The molecular formula is C33H38ClFN6O3. The van der Waals surface area contributed by atoms with Crippen molar-refractivity contribution >= 4 is 40.4 Å². The molecule has 4 N–H and O–H groups in total. The second-order valence-electron chi connectivity index (χ2n) is 11.4. The predicted molar refractivity (Wildman–Crippen MR) is 173 cm³/mol. The highest BCUT2D eigenvalue weighted by molar-refractivity contribution is 6.38. The molecule has 3 unspecified atom stereocenters. The van der Waals surface area contributed by atoms with Gasteiger partial charge in [0.05, 0.1) is 52.1 Å². The van der Waals surface area contributed by atoms with Gasteiger partial charge in [-0.1, -0.05) is 24.2 Å². The molecule has 2 aliphatic rings. The first-order valence-electron chi connectivity index (χ1n) is 14.6. The highest BCUT2D eigenvalue weighted by Gasteiger charge is 2.39. The van der Waals surface area contributed by atoms with Crippen LogP contribution in [0.25, 0.3) is 11.1 Å². The van der Waals surface area contributed by atoms with Gasteiger partial charge in [0.1, 0.15) is 17.4 Å². The minimum atomic E-state index is -0.896. The Morgan fingerprint density at radius 1 is 1.27 bits per heavy atom. The first-order chi connectivity index (χ1) is 21.0. The van der Waals surface area contributed by atoms with Gasteiger partial charge in [0.2, 0.25) is 5.91 Å². The van der Waals surface area contributed by atoms with Crippen molar-refractivity contribution in [1.29, 1.82) is 5.41 Å².